The Labute approximate surface area is 129 Å². The second-order valence-corrected chi connectivity index (χ2v) is 5.58. The zero-order valence-electron chi connectivity index (χ0n) is 12.6. The molecule has 0 radical (unpaired) electrons. The van der Waals surface area contributed by atoms with Gasteiger partial charge in [0.15, 0.2) is 0 Å². The first-order chi connectivity index (χ1) is 10.7. The lowest BCUT2D eigenvalue weighted by Crippen LogP contribution is -2.46. The van der Waals surface area contributed by atoms with Crippen molar-refractivity contribution >= 4 is 11.9 Å². The summed E-state index contributed by atoms with van der Waals surface area (Å²) in [5.41, 5.74) is 1.14. The second-order valence-electron chi connectivity index (χ2n) is 5.58. The monoisotopic (exact) mass is 300 g/mol. The normalized spacial score (nSPS) is 20.5. The number of hydrogen-bond donors (Lipinski definition) is 2. The van der Waals surface area contributed by atoms with E-state index in [1.807, 2.05) is 13.0 Å². The predicted molar refractivity (Wildman–Crippen MR) is 82.3 cm³/mol. The van der Waals surface area contributed by atoms with Crippen molar-refractivity contribution in [2.75, 3.05) is 18.4 Å². The predicted octanol–water partition coefficient (Wildman–Crippen LogP) is 1.41. The Morgan fingerprint density at radius 3 is 2.95 bits per heavy atom. The molecule has 116 valence electrons. The molecule has 0 spiro atoms. The first kappa shape index (κ1) is 14.6. The molecule has 1 fully saturated rings. The van der Waals surface area contributed by atoms with Crippen LogP contribution in [-0.2, 0) is 4.79 Å². The van der Waals surface area contributed by atoms with Crippen molar-refractivity contribution in [3.8, 4) is 0 Å². The van der Waals surface area contributed by atoms with Crippen LogP contribution in [0.3, 0.4) is 0 Å². The average molecular weight is 300 g/mol. The molecule has 0 unspecified atom stereocenters. The first-order valence-electron chi connectivity index (χ1n) is 7.55. The lowest BCUT2D eigenvalue weighted by Gasteiger charge is -2.35. The van der Waals surface area contributed by atoms with Gasteiger partial charge in [-0.3, -0.25) is 20.1 Å². The highest BCUT2D eigenvalue weighted by molar-refractivity contribution is 5.93. The van der Waals surface area contributed by atoms with Crippen molar-refractivity contribution in [1.29, 1.82) is 0 Å². The molecule has 0 bridgehead atoms. The summed E-state index contributed by atoms with van der Waals surface area (Å²) in [6.07, 6.45) is 7.19. The number of nitrogens with zero attached hydrogens (tertiary/aromatic N) is 4. The van der Waals surface area contributed by atoms with Crippen molar-refractivity contribution in [2.24, 2.45) is 0 Å². The number of carbonyl (C=O) groups excluding carboxylic acids is 1. The van der Waals surface area contributed by atoms with Crippen molar-refractivity contribution in [1.82, 2.24) is 25.1 Å². The van der Waals surface area contributed by atoms with Crippen LogP contribution in [-0.4, -0.2) is 50.1 Å². The topological polar surface area (TPSA) is 86.8 Å². The smallest absolute Gasteiger partial charge is 0.243 e. The minimum Gasteiger partial charge on any atom is -0.293 e. The number of aromatic nitrogens is 4. The maximum Gasteiger partial charge on any atom is 0.243 e. The quantitative estimate of drug-likeness (QED) is 0.891. The summed E-state index contributed by atoms with van der Waals surface area (Å²) < 4.78 is 0. The zero-order chi connectivity index (χ0) is 15.4. The van der Waals surface area contributed by atoms with Gasteiger partial charge >= 0.3 is 0 Å². The third kappa shape index (κ3) is 3.30. The highest BCUT2D eigenvalue weighted by atomic mass is 16.2. The Morgan fingerprint density at radius 1 is 1.41 bits per heavy atom. The van der Waals surface area contributed by atoms with Gasteiger partial charge in [0, 0.05) is 36.7 Å². The Bertz CT molecular complexity index is 600. The second kappa shape index (κ2) is 6.65. The molecule has 1 saturated heterocycles. The minimum atomic E-state index is -0.213. The molecule has 1 aliphatic heterocycles. The molecule has 1 amide bonds. The van der Waals surface area contributed by atoms with Crippen molar-refractivity contribution in [3.63, 3.8) is 0 Å². The van der Waals surface area contributed by atoms with Gasteiger partial charge in [-0.2, -0.15) is 5.10 Å². The van der Waals surface area contributed by atoms with E-state index in [1.165, 1.54) is 0 Å². The molecule has 1 aliphatic rings. The van der Waals surface area contributed by atoms with E-state index in [0.29, 0.717) is 11.9 Å². The fourth-order valence-electron chi connectivity index (χ4n) is 2.85. The highest BCUT2D eigenvalue weighted by Gasteiger charge is 2.28. The standard InChI is InChI=1S/C15H20N6O/c1-11(14(22)19-15-16-6-3-7-17-15)21-9-2-4-12(10-21)13-5-8-18-20-13/h3,5-8,11-12H,2,4,9-10H2,1H3,(H,18,20)(H,16,17,19,22)/t11-,12-/m0/s1. The molecule has 2 aromatic rings. The third-order valence-corrected chi connectivity index (χ3v) is 4.14. The molecule has 0 aliphatic carbocycles. The summed E-state index contributed by atoms with van der Waals surface area (Å²) in [6.45, 7) is 3.70. The molecule has 7 nitrogen and oxygen atoms in total. The van der Waals surface area contributed by atoms with Gasteiger partial charge in [0.2, 0.25) is 11.9 Å². The highest BCUT2D eigenvalue weighted by Crippen LogP contribution is 2.26. The number of likely N-dealkylation sites (tertiary alicyclic amines) is 1. The van der Waals surface area contributed by atoms with Gasteiger partial charge in [0.25, 0.3) is 0 Å². The van der Waals surface area contributed by atoms with Crippen LogP contribution < -0.4 is 5.32 Å². The number of anilines is 1. The van der Waals surface area contributed by atoms with E-state index in [-0.39, 0.29) is 11.9 Å². The molecule has 22 heavy (non-hydrogen) atoms. The molecule has 2 atom stereocenters. The summed E-state index contributed by atoms with van der Waals surface area (Å²) >= 11 is 0. The van der Waals surface area contributed by atoms with Crippen LogP contribution in [0.15, 0.2) is 30.7 Å². The molecule has 3 heterocycles. The number of rotatable bonds is 4. The van der Waals surface area contributed by atoms with E-state index in [1.54, 1.807) is 24.7 Å². The van der Waals surface area contributed by atoms with Crippen LogP contribution in [0.5, 0.6) is 0 Å². The SMILES string of the molecule is C[C@@H](C(=O)Nc1ncccn1)N1CCC[C@H](c2ccn[nH]2)C1. The number of piperidine rings is 1. The Hall–Kier alpha value is -2.28. The molecular weight excluding hydrogens is 280 g/mol. The Kier molecular flexibility index (Phi) is 4.43. The van der Waals surface area contributed by atoms with Gasteiger partial charge < -0.3 is 0 Å². The molecule has 3 rings (SSSR count). The van der Waals surface area contributed by atoms with Crippen LogP contribution >= 0.6 is 0 Å². The van der Waals surface area contributed by atoms with E-state index in [0.717, 1.165) is 31.6 Å². The molecule has 0 saturated carbocycles. The van der Waals surface area contributed by atoms with Gasteiger partial charge in [-0.05, 0) is 38.4 Å². The molecule has 2 N–H and O–H groups in total. The lowest BCUT2D eigenvalue weighted by molar-refractivity contribution is -0.121. The zero-order valence-corrected chi connectivity index (χ0v) is 12.6. The van der Waals surface area contributed by atoms with Crippen LogP contribution in [0.2, 0.25) is 0 Å². The minimum absolute atomic E-state index is 0.0727. The van der Waals surface area contributed by atoms with Crippen molar-refractivity contribution < 1.29 is 4.79 Å². The molecule has 0 aromatic carbocycles. The number of amides is 1. The van der Waals surface area contributed by atoms with E-state index in [2.05, 4.69) is 30.4 Å². The number of H-pyrrole nitrogens is 1. The van der Waals surface area contributed by atoms with E-state index in [9.17, 15) is 4.79 Å². The van der Waals surface area contributed by atoms with Crippen LogP contribution in [0.4, 0.5) is 5.95 Å². The van der Waals surface area contributed by atoms with Gasteiger partial charge in [-0.15, -0.1) is 0 Å². The summed E-state index contributed by atoms with van der Waals surface area (Å²) in [5, 5.41) is 9.82. The maximum atomic E-state index is 12.4. The molecular formula is C15H20N6O. The van der Waals surface area contributed by atoms with E-state index < -0.39 is 0 Å². The van der Waals surface area contributed by atoms with Crippen molar-refractivity contribution in [2.45, 2.75) is 31.7 Å². The van der Waals surface area contributed by atoms with Gasteiger partial charge in [-0.1, -0.05) is 0 Å². The summed E-state index contributed by atoms with van der Waals surface area (Å²) in [5.74, 6) is 0.678. The summed E-state index contributed by atoms with van der Waals surface area (Å²) in [7, 11) is 0. The Balaban J connectivity index is 1.61. The van der Waals surface area contributed by atoms with Crippen LogP contribution in [0, 0.1) is 0 Å². The van der Waals surface area contributed by atoms with Crippen LogP contribution in [0.1, 0.15) is 31.4 Å². The maximum absolute atomic E-state index is 12.4. The largest absolute Gasteiger partial charge is 0.293 e. The van der Waals surface area contributed by atoms with Crippen molar-refractivity contribution in [3.05, 3.63) is 36.4 Å². The number of hydrogen-bond acceptors (Lipinski definition) is 5. The molecule has 7 heteroatoms. The third-order valence-electron chi connectivity index (χ3n) is 4.14. The van der Waals surface area contributed by atoms with Crippen LogP contribution in [0.25, 0.3) is 0 Å². The molecule has 2 aromatic heterocycles. The summed E-state index contributed by atoms with van der Waals surface area (Å²) in [6, 6.07) is 3.52. The fourth-order valence-corrected chi connectivity index (χ4v) is 2.85. The van der Waals surface area contributed by atoms with E-state index in [4.69, 9.17) is 0 Å². The number of carbonyl (C=O) groups is 1. The summed E-state index contributed by atoms with van der Waals surface area (Å²) in [4.78, 5) is 22.6. The van der Waals surface area contributed by atoms with Gasteiger partial charge in [0.05, 0.1) is 6.04 Å². The van der Waals surface area contributed by atoms with Gasteiger partial charge in [0.1, 0.15) is 0 Å². The fraction of sp³-hybridized carbons (Fsp3) is 0.467. The average Bonchev–Trinajstić information content (AvgIpc) is 3.10. The van der Waals surface area contributed by atoms with E-state index >= 15 is 0 Å². The first-order valence-corrected chi connectivity index (χ1v) is 7.55. The Morgan fingerprint density at radius 2 is 2.23 bits per heavy atom. The number of nitrogens with one attached hydrogen (secondary N) is 2. The van der Waals surface area contributed by atoms with Gasteiger partial charge in [-0.25, -0.2) is 9.97 Å². The number of aromatic amines is 1. The lowest BCUT2D eigenvalue weighted by atomic mass is 9.94.